The van der Waals surface area contributed by atoms with Gasteiger partial charge >= 0.3 is 0 Å². The van der Waals surface area contributed by atoms with Gasteiger partial charge in [-0.1, -0.05) is 57.8 Å². The normalized spacial score (nSPS) is 36.5. The van der Waals surface area contributed by atoms with Gasteiger partial charge in [-0.15, -0.1) is 0 Å². The Labute approximate surface area is 143 Å². The zero-order chi connectivity index (χ0) is 15.5. The average molecular weight is 319 g/mol. The molecule has 23 heavy (non-hydrogen) atoms. The fraction of sp³-hybridized carbons (Fsp3) is 1.00. The van der Waals surface area contributed by atoms with Crippen molar-refractivity contribution in [1.29, 1.82) is 0 Å². The topological polar surface area (TPSA) is 15.3 Å². The summed E-state index contributed by atoms with van der Waals surface area (Å²) in [5, 5.41) is 2.84. The van der Waals surface area contributed by atoms with E-state index in [1.54, 1.807) is 0 Å². The fourth-order valence-corrected chi connectivity index (χ4v) is 6.22. The first-order chi connectivity index (χ1) is 11.4. The Bertz CT molecular complexity index is 325. The molecule has 4 rings (SSSR count). The van der Waals surface area contributed by atoms with Gasteiger partial charge in [0.05, 0.1) is 0 Å². The molecule has 1 aliphatic heterocycles. The summed E-state index contributed by atoms with van der Waals surface area (Å²) in [7, 11) is 0. The van der Waals surface area contributed by atoms with E-state index in [0.717, 1.165) is 30.0 Å². The van der Waals surface area contributed by atoms with Crippen molar-refractivity contribution in [2.24, 2.45) is 11.8 Å². The van der Waals surface area contributed by atoms with E-state index < -0.39 is 0 Å². The first kappa shape index (κ1) is 16.4. The van der Waals surface area contributed by atoms with Crippen molar-refractivity contribution >= 4 is 0 Å². The molecule has 4 fully saturated rings. The molecule has 2 atom stereocenters. The summed E-state index contributed by atoms with van der Waals surface area (Å²) in [6, 6.07) is 2.53. The third-order valence-corrected chi connectivity index (χ3v) is 7.55. The first-order valence-electron chi connectivity index (χ1n) is 11.0. The van der Waals surface area contributed by atoms with Crippen molar-refractivity contribution in [2.45, 2.75) is 121 Å². The van der Waals surface area contributed by atoms with Crippen LogP contribution in [0.1, 0.15) is 103 Å². The predicted octanol–water partition coefficient (Wildman–Crippen LogP) is 5.43. The van der Waals surface area contributed by atoms with Crippen LogP contribution in [0.3, 0.4) is 0 Å². The summed E-state index contributed by atoms with van der Waals surface area (Å²) in [6.45, 7) is 0. The maximum absolute atomic E-state index is 4.11. The molecule has 0 radical (unpaired) electrons. The van der Waals surface area contributed by atoms with E-state index in [9.17, 15) is 0 Å². The monoisotopic (exact) mass is 318 g/mol. The van der Waals surface area contributed by atoms with Crippen molar-refractivity contribution in [1.82, 2.24) is 10.4 Å². The molecule has 0 aromatic rings. The lowest BCUT2D eigenvalue weighted by molar-refractivity contribution is 0.0453. The number of nitrogens with zero attached hydrogens (tertiary/aromatic N) is 1. The van der Waals surface area contributed by atoms with Gasteiger partial charge in [-0.25, -0.2) is 5.01 Å². The van der Waals surface area contributed by atoms with Crippen LogP contribution in [0.4, 0.5) is 0 Å². The molecule has 1 heterocycles. The summed E-state index contributed by atoms with van der Waals surface area (Å²) < 4.78 is 0. The van der Waals surface area contributed by atoms with Crippen LogP contribution in [-0.2, 0) is 0 Å². The van der Waals surface area contributed by atoms with Gasteiger partial charge in [0.15, 0.2) is 0 Å². The highest BCUT2D eigenvalue weighted by Crippen LogP contribution is 2.40. The van der Waals surface area contributed by atoms with E-state index in [4.69, 9.17) is 0 Å². The fourth-order valence-electron chi connectivity index (χ4n) is 6.22. The Morgan fingerprint density at radius 1 is 0.565 bits per heavy atom. The molecule has 0 bridgehead atoms. The lowest BCUT2D eigenvalue weighted by Gasteiger charge is -2.40. The molecule has 1 N–H and O–H groups in total. The van der Waals surface area contributed by atoms with Crippen LogP contribution < -0.4 is 5.43 Å². The highest BCUT2D eigenvalue weighted by atomic mass is 15.6. The highest BCUT2D eigenvalue weighted by Gasteiger charge is 2.43. The van der Waals surface area contributed by atoms with E-state index in [0.29, 0.717) is 0 Å². The van der Waals surface area contributed by atoms with Crippen LogP contribution in [-0.4, -0.2) is 23.1 Å². The summed E-state index contributed by atoms with van der Waals surface area (Å²) in [6.07, 6.45) is 23.7. The Balaban J connectivity index is 1.45. The Hall–Kier alpha value is -0.0800. The quantitative estimate of drug-likeness (QED) is 0.746. The van der Waals surface area contributed by atoms with E-state index in [-0.39, 0.29) is 0 Å². The van der Waals surface area contributed by atoms with Crippen molar-refractivity contribution in [2.75, 3.05) is 0 Å². The van der Waals surface area contributed by atoms with E-state index >= 15 is 0 Å². The van der Waals surface area contributed by atoms with Crippen LogP contribution in [0.15, 0.2) is 0 Å². The van der Waals surface area contributed by atoms with Gasteiger partial charge in [-0.2, -0.15) is 0 Å². The zero-order valence-corrected chi connectivity index (χ0v) is 15.1. The summed E-state index contributed by atoms with van der Waals surface area (Å²) in [5.74, 6) is 1.97. The second-order valence-corrected chi connectivity index (χ2v) is 9.03. The Morgan fingerprint density at radius 2 is 1.09 bits per heavy atom. The Kier molecular flexibility index (Phi) is 5.61. The number of hydrogen-bond donors (Lipinski definition) is 1. The van der Waals surface area contributed by atoms with Gasteiger partial charge in [-0.05, 0) is 56.8 Å². The third-order valence-electron chi connectivity index (χ3n) is 7.55. The lowest BCUT2D eigenvalue weighted by Crippen LogP contribution is -2.50. The van der Waals surface area contributed by atoms with Crippen LogP contribution in [0.25, 0.3) is 0 Å². The van der Waals surface area contributed by atoms with Crippen LogP contribution in [0.2, 0.25) is 0 Å². The molecule has 2 unspecified atom stereocenters. The SMILES string of the molecule is C1CCC(C2CC(C3CCCCC3)N(C3CCCCC3)N2)CC1. The minimum Gasteiger partial charge on any atom is -0.251 e. The highest BCUT2D eigenvalue weighted by molar-refractivity contribution is 4.96. The number of hydrogen-bond acceptors (Lipinski definition) is 2. The molecule has 4 aliphatic rings. The molecule has 3 aliphatic carbocycles. The van der Waals surface area contributed by atoms with Crippen LogP contribution in [0, 0.1) is 11.8 Å². The van der Waals surface area contributed by atoms with E-state index in [1.165, 1.54) is 103 Å². The van der Waals surface area contributed by atoms with Crippen LogP contribution >= 0.6 is 0 Å². The molecule has 1 saturated heterocycles. The zero-order valence-electron chi connectivity index (χ0n) is 15.1. The second kappa shape index (κ2) is 7.87. The molecule has 132 valence electrons. The van der Waals surface area contributed by atoms with Crippen molar-refractivity contribution in [3.63, 3.8) is 0 Å². The molecule has 0 amide bonds. The van der Waals surface area contributed by atoms with Crippen molar-refractivity contribution < 1.29 is 0 Å². The van der Waals surface area contributed by atoms with Crippen molar-refractivity contribution in [3.8, 4) is 0 Å². The Morgan fingerprint density at radius 3 is 1.70 bits per heavy atom. The largest absolute Gasteiger partial charge is 0.251 e. The molecule has 0 aromatic heterocycles. The van der Waals surface area contributed by atoms with E-state index in [1.807, 2.05) is 0 Å². The summed E-state index contributed by atoms with van der Waals surface area (Å²) >= 11 is 0. The number of rotatable bonds is 3. The van der Waals surface area contributed by atoms with E-state index in [2.05, 4.69) is 10.4 Å². The lowest BCUT2D eigenvalue weighted by atomic mass is 9.78. The maximum Gasteiger partial charge on any atom is 0.0290 e. The van der Waals surface area contributed by atoms with Gasteiger partial charge < -0.3 is 0 Å². The minimum absolute atomic E-state index is 0.809. The van der Waals surface area contributed by atoms with Gasteiger partial charge in [-0.3, -0.25) is 5.43 Å². The molecular formula is C21H38N2. The molecule has 2 heteroatoms. The predicted molar refractivity (Wildman–Crippen MR) is 97.2 cm³/mol. The summed E-state index contributed by atoms with van der Waals surface area (Å²) in [5.41, 5.74) is 4.11. The molecule has 3 saturated carbocycles. The van der Waals surface area contributed by atoms with Gasteiger partial charge in [0, 0.05) is 18.1 Å². The smallest absolute Gasteiger partial charge is 0.0290 e. The number of nitrogens with one attached hydrogen (secondary N) is 1. The van der Waals surface area contributed by atoms with Crippen molar-refractivity contribution in [3.05, 3.63) is 0 Å². The molecular weight excluding hydrogens is 280 g/mol. The molecule has 0 spiro atoms. The van der Waals surface area contributed by atoms with Gasteiger partial charge in [0.2, 0.25) is 0 Å². The summed E-state index contributed by atoms with van der Waals surface area (Å²) in [4.78, 5) is 0. The molecule has 0 aromatic carbocycles. The van der Waals surface area contributed by atoms with Gasteiger partial charge in [0.1, 0.15) is 0 Å². The minimum atomic E-state index is 0.809. The number of hydrazine groups is 1. The first-order valence-corrected chi connectivity index (χ1v) is 11.0. The standard InChI is InChI=1S/C21H38N2/c1-4-10-17(11-5-1)20-16-21(18-12-6-2-7-13-18)23(22-20)19-14-8-3-9-15-19/h17-22H,1-16H2. The average Bonchev–Trinajstić information content (AvgIpc) is 3.09. The third kappa shape index (κ3) is 3.79. The second-order valence-electron chi connectivity index (χ2n) is 9.03. The molecule has 2 nitrogen and oxygen atoms in total. The van der Waals surface area contributed by atoms with Gasteiger partial charge in [0.25, 0.3) is 0 Å². The van der Waals surface area contributed by atoms with Crippen LogP contribution in [0.5, 0.6) is 0 Å². The maximum atomic E-state index is 4.11.